The number of benzene rings is 1. The summed E-state index contributed by atoms with van der Waals surface area (Å²) in [6.07, 6.45) is 6.35. The van der Waals surface area contributed by atoms with Gasteiger partial charge in [-0.3, -0.25) is 9.59 Å². The first-order valence-corrected chi connectivity index (χ1v) is 11.3. The summed E-state index contributed by atoms with van der Waals surface area (Å²) >= 11 is 0. The number of hydrogen-bond donors (Lipinski definition) is 2. The SMILES string of the molecule is COc1ccc(F)cc1C(=O)NC1CCC(c2cn(C3CCOC(CC(=O)O)C3)nn2)CC1. The number of nitrogens with zero attached hydrogens (tertiary/aromatic N) is 3. The van der Waals surface area contributed by atoms with Gasteiger partial charge in [-0.25, -0.2) is 9.07 Å². The Balaban J connectivity index is 1.31. The van der Waals surface area contributed by atoms with Crippen LogP contribution in [0.3, 0.4) is 0 Å². The van der Waals surface area contributed by atoms with Crippen LogP contribution in [0.15, 0.2) is 24.4 Å². The highest BCUT2D eigenvalue weighted by Gasteiger charge is 2.29. The summed E-state index contributed by atoms with van der Waals surface area (Å²) in [6, 6.07) is 3.99. The number of carboxylic acids is 1. The molecular weight excluding hydrogens is 431 g/mol. The minimum Gasteiger partial charge on any atom is -0.496 e. The molecule has 0 bridgehead atoms. The monoisotopic (exact) mass is 460 g/mol. The Morgan fingerprint density at radius 3 is 2.79 bits per heavy atom. The Morgan fingerprint density at radius 1 is 1.27 bits per heavy atom. The summed E-state index contributed by atoms with van der Waals surface area (Å²) < 4.78 is 26.2. The molecule has 2 heterocycles. The normalized spacial score (nSPS) is 25.4. The number of halogens is 1. The Morgan fingerprint density at radius 2 is 2.06 bits per heavy atom. The fraction of sp³-hybridized carbons (Fsp3) is 0.565. The van der Waals surface area contributed by atoms with Gasteiger partial charge in [0.1, 0.15) is 11.6 Å². The number of ether oxygens (including phenoxy) is 2. The van der Waals surface area contributed by atoms with Crippen LogP contribution in [0.2, 0.25) is 0 Å². The van der Waals surface area contributed by atoms with Gasteiger partial charge < -0.3 is 19.9 Å². The molecule has 33 heavy (non-hydrogen) atoms. The lowest BCUT2D eigenvalue weighted by atomic mass is 9.84. The van der Waals surface area contributed by atoms with Crippen LogP contribution in [0.25, 0.3) is 0 Å². The number of carboxylic acid groups (broad SMARTS) is 1. The van der Waals surface area contributed by atoms with E-state index in [9.17, 15) is 14.0 Å². The first-order chi connectivity index (χ1) is 15.9. The summed E-state index contributed by atoms with van der Waals surface area (Å²) in [6.45, 7) is 0.513. The summed E-state index contributed by atoms with van der Waals surface area (Å²) in [5.41, 5.74) is 1.12. The maximum Gasteiger partial charge on any atom is 0.305 e. The second-order valence-electron chi connectivity index (χ2n) is 8.76. The predicted molar refractivity (Wildman–Crippen MR) is 116 cm³/mol. The highest BCUT2D eigenvalue weighted by Crippen LogP contribution is 2.33. The number of aromatic nitrogens is 3. The van der Waals surface area contributed by atoms with Crippen molar-refractivity contribution in [2.45, 2.75) is 69.1 Å². The zero-order valence-corrected chi connectivity index (χ0v) is 18.6. The van der Waals surface area contributed by atoms with Gasteiger partial charge in [0.15, 0.2) is 0 Å². The number of methoxy groups -OCH3 is 1. The molecule has 4 rings (SSSR count). The van der Waals surface area contributed by atoms with Gasteiger partial charge in [-0.2, -0.15) is 0 Å². The zero-order chi connectivity index (χ0) is 23.4. The standard InChI is InChI=1S/C23H29FN4O5/c1-32-21-7-4-15(24)10-19(21)23(31)25-16-5-2-14(3-6-16)20-13-28(27-26-20)17-8-9-33-18(11-17)12-22(29)30/h4,7,10,13-14,16-18H,2-3,5-6,8-9,11-12H2,1H3,(H,25,31)(H,29,30). The van der Waals surface area contributed by atoms with Crippen molar-refractivity contribution in [2.75, 3.05) is 13.7 Å². The molecule has 1 aromatic heterocycles. The van der Waals surface area contributed by atoms with Crippen LogP contribution in [0.4, 0.5) is 4.39 Å². The van der Waals surface area contributed by atoms with E-state index in [1.807, 2.05) is 10.9 Å². The molecule has 2 N–H and O–H groups in total. The van der Waals surface area contributed by atoms with Gasteiger partial charge in [0.25, 0.3) is 5.91 Å². The largest absolute Gasteiger partial charge is 0.496 e. The maximum absolute atomic E-state index is 13.6. The van der Waals surface area contributed by atoms with Crippen LogP contribution in [0, 0.1) is 5.82 Å². The molecule has 2 aromatic rings. The highest BCUT2D eigenvalue weighted by molar-refractivity contribution is 5.97. The van der Waals surface area contributed by atoms with Crippen molar-refractivity contribution in [1.29, 1.82) is 0 Å². The van der Waals surface area contributed by atoms with E-state index in [1.54, 1.807) is 0 Å². The molecule has 2 atom stereocenters. The second-order valence-corrected chi connectivity index (χ2v) is 8.76. The lowest BCUT2D eigenvalue weighted by molar-refractivity contribution is -0.141. The molecule has 1 saturated heterocycles. The fourth-order valence-corrected chi connectivity index (χ4v) is 4.75. The minimum absolute atomic E-state index is 0.00374. The van der Waals surface area contributed by atoms with Crippen LogP contribution in [0.5, 0.6) is 5.75 Å². The first kappa shape index (κ1) is 23.2. The van der Waals surface area contributed by atoms with E-state index in [0.717, 1.165) is 37.8 Å². The zero-order valence-electron chi connectivity index (χ0n) is 18.6. The molecule has 2 unspecified atom stereocenters. The van der Waals surface area contributed by atoms with Gasteiger partial charge in [0.05, 0.1) is 36.9 Å². The third-order valence-corrected chi connectivity index (χ3v) is 6.53. The lowest BCUT2D eigenvalue weighted by Gasteiger charge is -2.29. The van der Waals surface area contributed by atoms with Crippen molar-refractivity contribution < 1.29 is 28.6 Å². The van der Waals surface area contributed by atoms with Gasteiger partial charge in [-0.05, 0) is 56.7 Å². The molecule has 1 aliphatic heterocycles. The summed E-state index contributed by atoms with van der Waals surface area (Å²) in [5.74, 6) is -1.08. The molecular formula is C23H29FN4O5. The Labute approximate surface area is 191 Å². The summed E-state index contributed by atoms with van der Waals surface area (Å²) in [4.78, 5) is 23.6. The fourth-order valence-electron chi connectivity index (χ4n) is 4.75. The topological polar surface area (TPSA) is 116 Å². The predicted octanol–water partition coefficient (Wildman–Crippen LogP) is 3.08. The van der Waals surface area contributed by atoms with Crippen molar-refractivity contribution in [1.82, 2.24) is 20.3 Å². The number of hydrogen-bond acceptors (Lipinski definition) is 6. The third-order valence-electron chi connectivity index (χ3n) is 6.53. The Bertz CT molecular complexity index is 989. The molecule has 9 nitrogen and oxygen atoms in total. The molecule has 1 amide bonds. The summed E-state index contributed by atoms with van der Waals surface area (Å²) in [7, 11) is 1.45. The highest BCUT2D eigenvalue weighted by atomic mass is 19.1. The summed E-state index contributed by atoms with van der Waals surface area (Å²) in [5, 5.41) is 20.7. The smallest absolute Gasteiger partial charge is 0.305 e. The van der Waals surface area contributed by atoms with Gasteiger partial charge in [0.2, 0.25) is 0 Å². The number of aliphatic carboxylic acids is 1. The average molecular weight is 461 g/mol. The molecule has 0 radical (unpaired) electrons. The third kappa shape index (κ3) is 5.68. The Kier molecular flexibility index (Phi) is 7.22. The minimum atomic E-state index is -0.861. The first-order valence-electron chi connectivity index (χ1n) is 11.3. The number of amides is 1. The van der Waals surface area contributed by atoms with Gasteiger partial charge in [-0.1, -0.05) is 5.21 Å². The van der Waals surface area contributed by atoms with Gasteiger partial charge >= 0.3 is 5.97 Å². The molecule has 1 aromatic carbocycles. The van der Waals surface area contributed by atoms with Crippen molar-refractivity contribution in [2.24, 2.45) is 0 Å². The number of carbonyl (C=O) groups excluding carboxylic acids is 1. The van der Waals surface area contributed by atoms with E-state index in [4.69, 9.17) is 14.6 Å². The van der Waals surface area contributed by atoms with E-state index in [2.05, 4.69) is 15.6 Å². The molecule has 178 valence electrons. The molecule has 2 fully saturated rings. The van der Waals surface area contributed by atoms with E-state index in [1.165, 1.54) is 25.3 Å². The number of rotatable bonds is 7. The molecule has 2 aliphatic rings. The van der Waals surface area contributed by atoms with Crippen molar-refractivity contribution >= 4 is 11.9 Å². The van der Waals surface area contributed by atoms with Crippen LogP contribution >= 0.6 is 0 Å². The van der Waals surface area contributed by atoms with Gasteiger partial charge in [-0.15, -0.1) is 5.10 Å². The van der Waals surface area contributed by atoms with Crippen molar-refractivity contribution in [3.63, 3.8) is 0 Å². The van der Waals surface area contributed by atoms with E-state index in [-0.39, 0.29) is 42.0 Å². The maximum atomic E-state index is 13.6. The quantitative estimate of drug-likeness (QED) is 0.652. The molecule has 1 aliphatic carbocycles. The number of carbonyl (C=O) groups is 2. The number of nitrogens with one attached hydrogen (secondary N) is 1. The molecule has 1 saturated carbocycles. The molecule has 0 spiro atoms. The molecule has 10 heteroatoms. The van der Waals surface area contributed by atoms with Gasteiger partial charge in [0, 0.05) is 24.8 Å². The van der Waals surface area contributed by atoms with Crippen LogP contribution < -0.4 is 10.1 Å². The van der Waals surface area contributed by atoms with E-state index >= 15 is 0 Å². The average Bonchev–Trinajstić information content (AvgIpc) is 3.30. The van der Waals surface area contributed by atoms with Crippen LogP contribution in [-0.2, 0) is 9.53 Å². The van der Waals surface area contributed by atoms with Crippen LogP contribution in [-0.4, -0.2) is 57.8 Å². The van der Waals surface area contributed by atoms with Crippen molar-refractivity contribution in [3.05, 3.63) is 41.5 Å². The van der Waals surface area contributed by atoms with E-state index in [0.29, 0.717) is 18.8 Å². The van der Waals surface area contributed by atoms with Crippen LogP contribution in [0.1, 0.15) is 73.0 Å². The second kappa shape index (κ2) is 10.3. The lowest BCUT2D eigenvalue weighted by Crippen LogP contribution is -2.37. The van der Waals surface area contributed by atoms with E-state index < -0.39 is 11.8 Å². The Hall–Kier alpha value is -3.01. The van der Waals surface area contributed by atoms with Crippen molar-refractivity contribution in [3.8, 4) is 5.75 Å².